The number of guanidine groups is 1. The predicted molar refractivity (Wildman–Crippen MR) is 124 cm³/mol. The molecule has 30 heavy (non-hydrogen) atoms. The van der Waals surface area contributed by atoms with Crippen LogP contribution in [-0.4, -0.2) is 54.1 Å². The van der Waals surface area contributed by atoms with Crippen LogP contribution >= 0.6 is 0 Å². The third-order valence-corrected chi connectivity index (χ3v) is 5.72. The van der Waals surface area contributed by atoms with E-state index in [1.807, 2.05) is 24.0 Å². The Bertz CT molecular complexity index is 694. The first kappa shape index (κ1) is 24.2. The van der Waals surface area contributed by atoms with Crippen LogP contribution in [0.5, 0.6) is 0 Å². The van der Waals surface area contributed by atoms with E-state index in [0.29, 0.717) is 18.9 Å². The second-order valence-corrected chi connectivity index (χ2v) is 9.08. The van der Waals surface area contributed by atoms with Crippen molar-refractivity contribution in [2.24, 2.45) is 4.99 Å². The van der Waals surface area contributed by atoms with Crippen LogP contribution in [0, 0.1) is 0 Å². The van der Waals surface area contributed by atoms with Gasteiger partial charge in [-0.25, -0.2) is 0 Å². The van der Waals surface area contributed by atoms with Crippen molar-refractivity contribution in [3.8, 4) is 0 Å². The zero-order valence-electron chi connectivity index (χ0n) is 19.4. The van der Waals surface area contributed by atoms with Gasteiger partial charge in [0, 0.05) is 32.1 Å². The van der Waals surface area contributed by atoms with Gasteiger partial charge in [-0.2, -0.15) is 0 Å². The average Bonchev–Trinajstić information content (AvgIpc) is 3.14. The van der Waals surface area contributed by atoms with Gasteiger partial charge >= 0.3 is 0 Å². The topological polar surface area (TPSA) is 77.0 Å². The number of aliphatic hydroxyl groups is 1. The fourth-order valence-electron chi connectivity index (χ4n) is 3.82. The first-order valence-electron chi connectivity index (χ1n) is 11.4. The maximum Gasteiger partial charge on any atom is 0.222 e. The zero-order chi connectivity index (χ0) is 22.1. The highest BCUT2D eigenvalue weighted by atomic mass is 16.3. The molecule has 3 N–H and O–H groups in total. The lowest BCUT2D eigenvalue weighted by molar-refractivity contribution is -0.129. The molecule has 1 aromatic carbocycles. The number of nitrogens with zero attached hydrogens (tertiary/aromatic N) is 2. The lowest BCUT2D eigenvalue weighted by atomic mass is 9.86. The number of amides is 1. The van der Waals surface area contributed by atoms with Crippen molar-refractivity contribution >= 4 is 11.9 Å². The van der Waals surface area contributed by atoms with E-state index in [4.69, 9.17) is 0 Å². The molecule has 0 aromatic heterocycles. The summed E-state index contributed by atoms with van der Waals surface area (Å²) in [6, 6.07) is 8.41. The van der Waals surface area contributed by atoms with Crippen molar-refractivity contribution in [1.29, 1.82) is 0 Å². The SMILES string of the molecule is CCNC(=NCC(O)c1ccc(C(C)(C)C)cc1)NCCC(CC)N1CCCC1=O. The molecule has 1 aliphatic heterocycles. The van der Waals surface area contributed by atoms with Crippen LogP contribution in [0.2, 0.25) is 0 Å². The third kappa shape index (κ3) is 7.01. The fraction of sp³-hybridized carbons (Fsp3) is 0.667. The summed E-state index contributed by atoms with van der Waals surface area (Å²) in [5.41, 5.74) is 2.22. The molecule has 168 valence electrons. The number of hydrogen-bond donors (Lipinski definition) is 3. The number of carbonyl (C=O) groups is 1. The molecule has 0 spiro atoms. The molecule has 6 nitrogen and oxygen atoms in total. The highest BCUT2D eigenvalue weighted by Crippen LogP contribution is 2.24. The minimum Gasteiger partial charge on any atom is -0.386 e. The van der Waals surface area contributed by atoms with E-state index in [1.165, 1.54) is 5.56 Å². The van der Waals surface area contributed by atoms with Crippen molar-refractivity contribution in [3.05, 3.63) is 35.4 Å². The second kappa shape index (κ2) is 11.3. The Hall–Kier alpha value is -2.08. The first-order chi connectivity index (χ1) is 14.3. The molecule has 0 radical (unpaired) electrons. The molecule has 1 fully saturated rings. The van der Waals surface area contributed by atoms with E-state index < -0.39 is 6.10 Å². The van der Waals surface area contributed by atoms with Gasteiger partial charge in [-0.1, -0.05) is 52.0 Å². The molecule has 0 aliphatic carbocycles. The average molecular weight is 417 g/mol. The smallest absolute Gasteiger partial charge is 0.222 e. The number of aliphatic hydroxyl groups excluding tert-OH is 1. The van der Waals surface area contributed by atoms with Crippen molar-refractivity contribution in [2.45, 2.75) is 77.9 Å². The van der Waals surface area contributed by atoms with Crippen molar-refractivity contribution < 1.29 is 9.90 Å². The van der Waals surface area contributed by atoms with Crippen LogP contribution in [0.25, 0.3) is 0 Å². The van der Waals surface area contributed by atoms with Gasteiger partial charge in [0.05, 0.1) is 12.6 Å². The molecule has 1 saturated heterocycles. The second-order valence-electron chi connectivity index (χ2n) is 9.08. The van der Waals surface area contributed by atoms with E-state index in [9.17, 15) is 9.90 Å². The molecule has 2 rings (SSSR count). The minimum atomic E-state index is -0.639. The van der Waals surface area contributed by atoms with Crippen LogP contribution in [-0.2, 0) is 10.2 Å². The lowest BCUT2D eigenvalue weighted by Crippen LogP contribution is -2.42. The molecular formula is C24H40N4O2. The zero-order valence-corrected chi connectivity index (χ0v) is 19.4. The number of carbonyl (C=O) groups excluding carboxylic acids is 1. The number of rotatable bonds is 9. The highest BCUT2D eigenvalue weighted by Gasteiger charge is 2.26. The molecular weight excluding hydrogens is 376 g/mol. The predicted octanol–water partition coefficient (Wildman–Crippen LogP) is 3.36. The molecule has 1 aromatic rings. The van der Waals surface area contributed by atoms with Crippen molar-refractivity contribution in [1.82, 2.24) is 15.5 Å². The van der Waals surface area contributed by atoms with E-state index in [1.54, 1.807) is 0 Å². The van der Waals surface area contributed by atoms with Gasteiger partial charge in [-0.3, -0.25) is 9.79 Å². The number of benzene rings is 1. The Kier molecular flexibility index (Phi) is 9.15. The van der Waals surface area contributed by atoms with Gasteiger partial charge in [0.25, 0.3) is 0 Å². The minimum absolute atomic E-state index is 0.0970. The molecule has 0 bridgehead atoms. The van der Waals surface area contributed by atoms with Crippen LogP contribution in [0.1, 0.15) is 77.5 Å². The Balaban J connectivity index is 1.89. The maximum absolute atomic E-state index is 12.0. The summed E-state index contributed by atoms with van der Waals surface area (Å²) >= 11 is 0. The fourth-order valence-corrected chi connectivity index (χ4v) is 3.82. The van der Waals surface area contributed by atoms with Crippen molar-refractivity contribution in [2.75, 3.05) is 26.2 Å². The van der Waals surface area contributed by atoms with Gasteiger partial charge in [-0.15, -0.1) is 0 Å². The molecule has 2 atom stereocenters. The largest absolute Gasteiger partial charge is 0.386 e. The van der Waals surface area contributed by atoms with Crippen LogP contribution in [0.15, 0.2) is 29.3 Å². The monoisotopic (exact) mass is 416 g/mol. The van der Waals surface area contributed by atoms with E-state index in [0.717, 1.165) is 44.5 Å². The highest BCUT2D eigenvalue weighted by molar-refractivity contribution is 5.80. The van der Waals surface area contributed by atoms with Gasteiger partial charge in [0.1, 0.15) is 0 Å². The van der Waals surface area contributed by atoms with Gasteiger partial charge in [-0.05, 0) is 42.7 Å². The Morgan fingerprint density at radius 3 is 2.43 bits per heavy atom. The Morgan fingerprint density at radius 1 is 1.20 bits per heavy atom. The quantitative estimate of drug-likeness (QED) is 0.426. The van der Waals surface area contributed by atoms with Crippen LogP contribution < -0.4 is 10.6 Å². The third-order valence-electron chi connectivity index (χ3n) is 5.72. The number of hydrogen-bond acceptors (Lipinski definition) is 3. The number of likely N-dealkylation sites (tertiary alicyclic amines) is 1. The van der Waals surface area contributed by atoms with Gasteiger partial charge < -0.3 is 20.6 Å². The summed E-state index contributed by atoms with van der Waals surface area (Å²) in [5.74, 6) is 0.980. The summed E-state index contributed by atoms with van der Waals surface area (Å²) in [6.07, 6.45) is 2.87. The lowest BCUT2D eigenvalue weighted by Gasteiger charge is -2.27. The van der Waals surface area contributed by atoms with E-state index in [-0.39, 0.29) is 17.4 Å². The maximum atomic E-state index is 12.0. The number of nitrogens with one attached hydrogen (secondary N) is 2. The molecule has 1 heterocycles. The van der Waals surface area contributed by atoms with Crippen molar-refractivity contribution in [3.63, 3.8) is 0 Å². The Labute approximate surface area is 182 Å². The molecule has 6 heteroatoms. The van der Waals surface area contributed by atoms with Gasteiger partial charge in [0.15, 0.2) is 5.96 Å². The summed E-state index contributed by atoms with van der Waals surface area (Å²) in [4.78, 5) is 18.6. The van der Waals surface area contributed by atoms with E-state index in [2.05, 4.69) is 55.5 Å². The normalized spacial score (nSPS) is 17.2. The first-order valence-corrected chi connectivity index (χ1v) is 11.4. The summed E-state index contributed by atoms with van der Waals surface area (Å²) in [5, 5.41) is 17.1. The van der Waals surface area contributed by atoms with Gasteiger partial charge in [0.2, 0.25) is 5.91 Å². The summed E-state index contributed by atoms with van der Waals surface area (Å²) in [6.45, 7) is 13.4. The molecule has 1 aliphatic rings. The number of aliphatic imine (C=N–C) groups is 1. The standard InChI is InChI=1S/C24H40N4O2/c1-6-20(28-16-8-9-22(28)30)14-15-26-23(25-7-2)27-17-21(29)18-10-12-19(13-11-18)24(3,4)5/h10-13,20-21,29H,6-9,14-17H2,1-5H3,(H2,25,26,27). The van der Waals surface area contributed by atoms with Crippen LogP contribution in [0.3, 0.4) is 0 Å². The molecule has 0 saturated carbocycles. The summed E-state index contributed by atoms with van der Waals surface area (Å²) < 4.78 is 0. The van der Waals surface area contributed by atoms with E-state index >= 15 is 0 Å². The molecule has 1 amide bonds. The summed E-state index contributed by atoms with van der Waals surface area (Å²) in [7, 11) is 0. The van der Waals surface area contributed by atoms with Crippen LogP contribution in [0.4, 0.5) is 0 Å². The molecule has 2 unspecified atom stereocenters. The Morgan fingerprint density at radius 2 is 1.90 bits per heavy atom.